The molecule has 18 heavy (non-hydrogen) atoms. The largest absolute Gasteiger partial charge is 0.327 e. The number of nitrogens with zero attached hydrogens (tertiary/aromatic N) is 2. The van der Waals surface area contributed by atoms with Crippen LogP contribution >= 0.6 is 11.3 Å². The Morgan fingerprint density at radius 1 is 1.56 bits per heavy atom. The van der Waals surface area contributed by atoms with E-state index in [1.165, 1.54) is 29.1 Å². The number of aromatic nitrogens is 2. The second-order valence-corrected chi connectivity index (χ2v) is 6.09. The van der Waals surface area contributed by atoms with Gasteiger partial charge in [-0.15, -0.1) is 10.2 Å². The van der Waals surface area contributed by atoms with E-state index in [1.807, 2.05) is 6.92 Å². The maximum absolute atomic E-state index is 11.9. The van der Waals surface area contributed by atoms with Gasteiger partial charge in [0.05, 0.1) is 13.1 Å². The monoisotopic (exact) mass is 269 g/mol. The molecule has 1 aliphatic rings. The molecule has 0 aromatic carbocycles. The van der Waals surface area contributed by atoms with E-state index in [2.05, 4.69) is 22.4 Å². The molecule has 0 aliphatic carbocycles. The van der Waals surface area contributed by atoms with Crippen molar-refractivity contribution in [1.82, 2.24) is 10.2 Å². The fraction of sp³-hybridized carbons (Fsp3) is 0.750. The van der Waals surface area contributed by atoms with Gasteiger partial charge in [0.1, 0.15) is 5.01 Å². The van der Waals surface area contributed by atoms with Crippen molar-refractivity contribution < 1.29 is 9.69 Å². The molecule has 2 rings (SSSR count). The van der Waals surface area contributed by atoms with Crippen LogP contribution in [0, 0.1) is 5.92 Å². The van der Waals surface area contributed by atoms with Crippen LogP contribution in [-0.2, 0) is 11.2 Å². The zero-order chi connectivity index (χ0) is 13.0. The third kappa shape index (κ3) is 3.74. The number of quaternary nitrogens is 1. The number of hydrogen-bond acceptors (Lipinski definition) is 4. The Morgan fingerprint density at radius 3 is 3.06 bits per heavy atom. The SMILES string of the molecule is CCc1nnc(NC(=O)C[NH+]2CCC[C@H](C)C2)s1. The van der Waals surface area contributed by atoms with E-state index in [1.54, 1.807) is 0 Å². The van der Waals surface area contributed by atoms with E-state index in [-0.39, 0.29) is 5.91 Å². The molecule has 6 heteroatoms. The molecular formula is C12H21N4OS+. The molecule has 1 unspecified atom stereocenters. The van der Waals surface area contributed by atoms with Gasteiger partial charge in [-0.2, -0.15) is 0 Å². The van der Waals surface area contributed by atoms with Crippen LogP contribution in [0.3, 0.4) is 0 Å². The summed E-state index contributed by atoms with van der Waals surface area (Å²) in [5.74, 6) is 0.785. The third-order valence-electron chi connectivity index (χ3n) is 3.29. The summed E-state index contributed by atoms with van der Waals surface area (Å²) >= 11 is 1.46. The lowest BCUT2D eigenvalue weighted by atomic mass is 10.0. The number of aryl methyl sites for hydroxylation is 1. The lowest BCUT2D eigenvalue weighted by Gasteiger charge is -2.27. The van der Waals surface area contributed by atoms with E-state index in [0.717, 1.165) is 30.4 Å². The Morgan fingerprint density at radius 2 is 2.39 bits per heavy atom. The highest BCUT2D eigenvalue weighted by Gasteiger charge is 2.22. The highest BCUT2D eigenvalue weighted by molar-refractivity contribution is 7.15. The molecule has 100 valence electrons. The fourth-order valence-electron chi connectivity index (χ4n) is 2.40. The number of amides is 1. The minimum Gasteiger partial charge on any atom is -0.327 e. The number of nitrogens with one attached hydrogen (secondary N) is 2. The van der Waals surface area contributed by atoms with Crippen LogP contribution in [0.15, 0.2) is 0 Å². The molecule has 0 spiro atoms. The number of piperidine rings is 1. The Balaban J connectivity index is 1.81. The van der Waals surface area contributed by atoms with Gasteiger partial charge in [0.15, 0.2) is 6.54 Å². The van der Waals surface area contributed by atoms with Crippen molar-refractivity contribution in [2.24, 2.45) is 5.92 Å². The average molecular weight is 269 g/mol. The molecule has 1 aromatic rings. The molecule has 0 bridgehead atoms. The van der Waals surface area contributed by atoms with Crippen LogP contribution in [0.2, 0.25) is 0 Å². The summed E-state index contributed by atoms with van der Waals surface area (Å²) < 4.78 is 0. The summed E-state index contributed by atoms with van der Waals surface area (Å²) in [4.78, 5) is 13.3. The fourth-order valence-corrected chi connectivity index (χ4v) is 3.09. The number of carbonyl (C=O) groups is 1. The van der Waals surface area contributed by atoms with Crippen LogP contribution in [-0.4, -0.2) is 35.7 Å². The zero-order valence-electron chi connectivity index (χ0n) is 11.0. The number of anilines is 1. The van der Waals surface area contributed by atoms with Crippen molar-refractivity contribution in [3.8, 4) is 0 Å². The second kappa shape index (κ2) is 6.24. The van der Waals surface area contributed by atoms with Crippen LogP contribution in [0.4, 0.5) is 5.13 Å². The minimum absolute atomic E-state index is 0.0536. The Bertz CT molecular complexity index is 407. The van der Waals surface area contributed by atoms with Crippen molar-refractivity contribution in [1.29, 1.82) is 0 Å². The lowest BCUT2D eigenvalue weighted by Crippen LogP contribution is -3.14. The Kier molecular flexibility index (Phi) is 4.66. The highest BCUT2D eigenvalue weighted by Crippen LogP contribution is 2.14. The van der Waals surface area contributed by atoms with Crippen LogP contribution in [0.5, 0.6) is 0 Å². The second-order valence-electron chi connectivity index (χ2n) is 5.03. The predicted octanol–water partition coefficient (Wildman–Crippen LogP) is 0.354. The highest BCUT2D eigenvalue weighted by atomic mass is 32.1. The predicted molar refractivity (Wildman–Crippen MR) is 71.9 cm³/mol. The standard InChI is InChI=1S/C12H20N4OS/c1-3-11-14-15-12(18-11)13-10(17)8-16-6-4-5-9(2)7-16/h9H,3-8H2,1-2H3,(H,13,15,17)/p+1/t9-/m0/s1. The van der Waals surface area contributed by atoms with Crippen LogP contribution in [0.25, 0.3) is 0 Å². The van der Waals surface area contributed by atoms with Gasteiger partial charge in [-0.05, 0) is 19.3 Å². The first kappa shape index (κ1) is 13.4. The van der Waals surface area contributed by atoms with Gasteiger partial charge >= 0.3 is 0 Å². The lowest BCUT2D eigenvalue weighted by molar-refractivity contribution is -0.900. The first-order chi connectivity index (χ1) is 8.67. The van der Waals surface area contributed by atoms with Gasteiger partial charge in [0.25, 0.3) is 5.91 Å². The summed E-state index contributed by atoms with van der Waals surface area (Å²) in [6.07, 6.45) is 3.38. The number of rotatable bonds is 4. The summed E-state index contributed by atoms with van der Waals surface area (Å²) in [6, 6.07) is 0. The molecule has 2 heterocycles. The van der Waals surface area contributed by atoms with Gasteiger partial charge in [-0.3, -0.25) is 10.1 Å². The number of carbonyl (C=O) groups excluding carboxylic acids is 1. The molecule has 0 saturated carbocycles. The normalized spacial score (nSPS) is 23.9. The van der Waals surface area contributed by atoms with Gasteiger partial charge in [0, 0.05) is 5.92 Å². The molecule has 1 saturated heterocycles. The Labute approximate surface area is 112 Å². The molecule has 1 aliphatic heterocycles. The number of likely N-dealkylation sites (tertiary alicyclic amines) is 1. The zero-order valence-corrected chi connectivity index (χ0v) is 11.8. The first-order valence-electron chi connectivity index (χ1n) is 6.63. The summed E-state index contributed by atoms with van der Waals surface area (Å²) in [6.45, 7) is 7.05. The van der Waals surface area contributed by atoms with E-state index in [4.69, 9.17) is 0 Å². The first-order valence-corrected chi connectivity index (χ1v) is 7.44. The third-order valence-corrected chi connectivity index (χ3v) is 4.27. The molecule has 1 fully saturated rings. The van der Waals surface area contributed by atoms with Gasteiger partial charge in [0.2, 0.25) is 5.13 Å². The van der Waals surface area contributed by atoms with E-state index < -0.39 is 0 Å². The van der Waals surface area contributed by atoms with Crippen molar-refractivity contribution >= 4 is 22.4 Å². The average Bonchev–Trinajstić information content (AvgIpc) is 2.76. The summed E-state index contributed by atoms with van der Waals surface area (Å²) in [5, 5.41) is 12.4. The maximum atomic E-state index is 11.9. The topological polar surface area (TPSA) is 59.3 Å². The summed E-state index contributed by atoms with van der Waals surface area (Å²) in [5.41, 5.74) is 0. The van der Waals surface area contributed by atoms with Crippen molar-refractivity contribution in [3.05, 3.63) is 5.01 Å². The summed E-state index contributed by atoms with van der Waals surface area (Å²) in [7, 11) is 0. The van der Waals surface area contributed by atoms with E-state index in [0.29, 0.717) is 11.7 Å². The molecule has 0 radical (unpaired) electrons. The smallest absolute Gasteiger partial charge is 0.281 e. The van der Waals surface area contributed by atoms with Crippen molar-refractivity contribution in [2.45, 2.75) is 33.1 Å². The van der Waals surface area contributed by atoms with Gasteiger partial charge < -0.3 is 4.90 Å². The molecular weight excluding hydrogens is 248 g/mol. The van der Waals surface area contributed by atoms with Crippen molar-refractivity contribution in [2.75, 3.05) is 25.0 Å². The quantitative estimate of drug-likeness (QED) is 0.829. The molecule has 5 nitrogen and oxygen atoms in total. The van der Waals surface area contributed by atoms with Gasteiger partial charge in [-0.25, -0.2) is 0 Å². The van der Waals surface area contributed by atoms with Gasteiger partial charge in [-0.1, -0.05) is 25.2 Å². The maximum Gasteiger partial charge on any atom is 0.281 e. The molecule has 1 aromatic heterocycles. The Hall–Kier alpha value is -1.01. The van der Waals surface area contributed by atoms with E-state index >= 15 is 0 Å². The molecule has 2 atom stereocenters. The van der Waals surface area contributed by atoms with E-state index in [9.17, 15) is 4.79 Å². The number of hydrogen-bond donors (Lipinski definition) is 2. The van der Waals surface area contributed by atoms with Crippen LogP contribution < -0.4 is 10.2 Å². The molecule has 1 amide bonds. The van der Waals surface area contributed by atoms with Crippen LogP contribution in [0.1, 0.15) is 31.7 Å². The minimum atomic E-state index is 0.0536. The van der Waals surface area contributed by atoms with Crippen molar-refractivity contribution in [3.63, 3.8) is 0 Å². The molecule has 2 N–H and O–H groups in total.